The van der Waals surface area contributed by atoms with Gasteiger partial charge in [0.2, 0.25) is 12.5 Å². The van der Waals surface area contributed by atoms with Crippen molar-refractivity contribution in [3.8, 4) is 0 Å². The molecule has 1 aliphatic heterocycles. The third kappa shape index (κ3) is 3.28. The topological polar surface area (TPSA) is 93.7 Å². The highest BCUT2D eigenvalue weighted by Gasteiger charge is 2.39. The smallest absolute Gasteiger partial charge is 0.304 e. The summed E-state index contributed by atoms with van der Waals surface area (Å²) in [5.41, 5.74) is 0. The van der Waals surface area contributed by atoms with Crippen LogP contribution in [0.5, 0.6) is 0 Å². The number of Topliss-reactive ketones (excluding diaryl/α,β-unsaturated/α-hetero) is 1. The number of hydrogen-bond donors (Lipinski definition) is 2. The van der Waals surface area contributed by atoms with E-state index in [-0.39, 0.29) is 5.78 Å². The van der Waals surface area contributed by atoms with Gasteiger partial charge in [0.05, 0.1) is 0 Å². The van der Waals surface area contributed by atoms with Gasteiger partial charge in [-0.2, -0.15) is 0 Å². The Bertz CT molecular complexity index is 293. The van der Waals surface area contributed by atoms with E-state index >= 15 is 0 Å². The monoisotopic (exact) mass is 230 g/mol. The van der Waals surface area contributed by atoms with Gasteiger partial charge < -0.3 is 9.47 Å². The summed E-state index contributed by atoms with van der Waals surface area (Å²) in [7, 11) is 0. The first-order valence-electron chi connectivity index (χ1n) is 4.77. The van der Waals surface area contributed by atoms with Gasteiger partial charge in [0.15, 0.2) is 5.78 Å². The maximum absolute atomic E-state index is 11.1. The second kappa shape index (κ2) is 5.04. The summed E-state index contributed by atoms with van der Waals surface area (Å²) in [6, 6.07) is 0. The third-order valence-corrected chi connectivity index (χ3v) is 1.93. The Kier molecular flexibility index (Phi) is 3.97. The van der Waals surface area contributed by atoms with Crippen LogP contribution in [0, 0.1) is 0 Å². The highest BCUT2D eigenvalue weighted by atomic mass is 16.6. The zero-order chi connectivity index (χ0) is 12.3. The Morgan fingerprint density at radius 3 is 1.50 bits per heavy atom. The Balaban J connectivity index is 2.66. The van der Waals surface area contributed by atoms with Gasteiger partial charge in [-0.1, -0.05) is 0 Å². The lowest BCUT2D eigenvalue weighted by molar-refractivity contribution is -0.165. The molecular weight excluding hydrogens is 216 g/mol. The first kappa shape index (κ1) is 12.6. The van der Waals surface area contributed by atoms with Crippen molar-refractivity contribution in [2.75, 3.05) is 0 Å². The van der Waals surface area contributed by atoms with Crippen molar-refractivity contribution < 1.29 is 23.9 Å². The van der Waals surface area contributed by atoms with Gasteiger partial charge in [0.1, 0.15) is 6.17 Å². The van der Waals surface area contributed by atoms with Crippen molar-refractivity contribution in [1.29, 1.82) is 0 Å². The lowest BCUT2D eigenvalue weighted by atomic mass is 10.4. The number of rotatable bonds is 3. The average molecular weight is 230 g/mol. The summed E-state index contributed by atoms with van der Waals surface area (Å²) < 4.78 is 9.73. The van der Waals surface area contributed by atoms with Crippen molar-refractivity contribution in [3.63, 3.8) is 0 Å². The first-order chi connectivity index (χ1) is 7.40. The van der Waals surface area contributed by atoms with Gasteiger partial charge in [0.25, 0.3) is 0 Å². The largest absolute Gasteiger partial charge is 0.441 e. The third-order valence-electron chi connectivity index (χ3n) is 1.93. The van der Waals surface area contributed by atoms with Crippen LogP contribution in [-0.4, -0.2) is 36.3 Å². The molecule has 0 radical (unpaired) electrons. The van der Waals surface area contributed by atoms with Crippen LogP contribution >= 0.6 is 0 Å². The molecule has 1 fully saturated rings. The highest BCUT2D eigenvalue weighted by molar-refractivity contribution is 5.81. The standard InChI is InChI=1S/C9H14N2O5/c1-4(12)7-10-8(15-5(2)13)9(11-7)16-6(3)14/h7-11H,1-3H3. The van der Waals surface area contributed by atoms with Crippen LogP contribution in [0.1, 0.15) is 20.8 Å². The lowest BCUT2D eigenvalue weighted by Crippen LogP contribution is -2.40. The fourth-order valence-electron chi connectivity index (χ4n) is 1.34. The average Bonchev–Trinajstić information content (AvgIpc) is 2.46. The van der Waals surface area contributed by atoms with E-state index < -0.39 is 30.6 Å². The lowest BCUT2D eigenvalue weighted by Gasteiger charge is -2.17. The molecule has 1 rings (SSSR count). The molecule has 2 atom stereocenters. The molecule has 90 valence electrons. The van der Waals surface area contributed by atoms with Gasteiger partial charge >= 0.3 is 11.9 Å². The normalized spacial score (nSPS) is 28.6. The first-order valence-corrected chi connectivity index (χ1v) is 4.77. The predicted octanol–water partition coefficient (Wildman–Crippen LogP) is -1.13. The van der Waals surface area contributed by atoms with Crippen molar-refractivity contribution in [1.82, 2.24) is 10.6 Å². The number of hydrogen-bond acceptors (Lipinski definition) is 7. The molecule has 7 heteroatoms. The molecule has 0 spiro atoms. The summed E-state index contributed by atoms with van der Waals surface area (Å²) in [4.78, 5) is 32.7. The molecule has 0 aromatic heterocycles. The molecular formula is C9H14N2O5. The summed E-state index contributed by atoms with van der Waals surface area (Å²) in [6.45, 7) is 3.83. The van der Waals surface area contributed by atoms with Crippen molar-refractivity contribution >= 4 is 17.7 Å². The number of carbonyl (C=O) groups is 3. The van der Waals surface area contributed by atoms with Gasteiger partial charge in [-0.25, -0.2) is 0 Å². The van der Waals surface area contributed by atoms with Gasteiger partial charge in [-0.05, 0) is 6.92 Å². The maximum atomic E-state index is 11.1. The molecule has 0 amide bonds. The minimum absolute atomic E-state index is 0.188. The number of ketones is 1. The van der Waals surface area contributed by atoms with E-state index in [0.717, 1.165) is 0 Å². The Morgan fingerprint density at radius 2 is 1.25 bits per heavy atom. The Labute approximate surface area is 92.5 Å². The van der Waals surface area contributed by atoms with Crippen molar-refractivity contribution in [2.24, 2.45) is 0 Å². The molecule has 1 aliphatic rings. The van der Waals surface area contributed by atoms with Crippen molar-refractivity contribution in [3.05, 3.63) is 0 Å². The van der Waals surface area contributed by atoms with Crippen LogP contribution < -0.4 is 10.6 Å². The van der Waals surface area contributed by atoms with Crippen molar-refractivity contribution in [2.45, 2.75) is 39.4 Å². The summed E-state index contributed by atoms with van der Waals surface area (Å²) in [5.74, 6) is -1.24. The van der Waals surface area contributed by atoms with Crippen LogP contribution in [-0.2, 0) is 23.9 Å². The predicted molar refractivity (Wildman–Crippen MR) is 51.8 cm³/mol. The van der Waals surface area contributed by atoms with Gasteiger partial charge in [-0.3, -0.25) is 25.0 Å². The minimum Gasteiger partial charge on any atom is -0.441 e. The molecule has 1 heterocycles. The molecule has 16 heavy (non-hydrogen) atoms. The second-order valence-corrected chi connectivity index (χ2v) is 3.44. The van der Waals surface area contributed by atoms with E-state index in [9.17, 15) is 14.4 Å². The molecule has 0 bridgehead atoms. The van der Waals surface area contributed by atoms with Crippen LogP contribution in [0.2, 0.25) is 0 Å². The summed E-state index contributed by atoms with van der Waals surface area (Å²) in [5, 5.41) is 5.39. The van der Waals surface area contributed by atoms with E-state index in [2.05, 4.69) is 10.6 Å². The molecule has 0 aliphatic carbocycles. The molecule has 1 saturated heterocycles. The van der Waals surface area contributed by atoms with E-state index in [1.54, 1.807) is 0 Å². The fraction of sp³-hybridized carbons (Fsp3) is 0.667. The highest BCUT2D eigenvalue weighted by Crippen LogP contribution is 2.09. The van der Waals surface area contributed by atoms with Crippen LogP contribution in [0.3, 0.4) is 0 Å². The molecule has 0 aromatic carbocycles. The minimum atomic E-state index is -0.852. The van der Waals surface area contributed by atoms with Crippen LogP contribution in [0.4, 0.5) is 0 Å². The SMILES string of the molecule is CC(=O)OC1NC(C(C)=O)NC1OC(C)=O. The number of esters is 2. The molecule has 0 aromatic rings. The van der Waals surface area contributed by atoms with Gasteiger partial charge in [0, 0.05) is 13.8 Å². The Morgan fingerprint density at radius 1 is 0.875 bits per heavy atom. The number of carbonyl (C=O) groups excluding carboxylic acids is 3. The van der Waals surface area contributed by atoms with Crippen LogP contribution in [0.25, 0.3) is 0 Å². The number of nitrogens with one attached hydrogen (secondary N) is 2. The fourth-order valence-corrected chi connectivity index (χ4v) is 1.34. The molecule has 2 N–H and O–H groups in total. The van der Waals surface area contributed by atoms with E-state index in [4.69, 9.17) is 9.47 Å². The molecule has 2 unspecified atom stereocenters. The Hall–Kier alpha value is -1.47. The quantitative estimate of drug-likeness (QED) is 0.592. The van der Waals surface area contributed by atoms with E-state index in [1.165, 1.54) is 20.8 Å². The zero-order valence-electron chi connectivity index (χ0n) is 9.27. The molecule has 0 saturated carbocycles. The van der Waals surface area contributed by atoms with Gasteiger partial charge in [-0.15, -0.1) is 0 Å². The summed E-state index contributed by atoms with van der Waals surface area (Å²) in [6.07, 6.45) is -2.39. The maximum Gasteiger partial charge on any atom is 0.304 e. The van der Waals surface area contributed by atoms with E-state index in [0.29, 0.717) is 0 Å². The van der Waals surface area contributed by atoms with Crippen LogP contribution in [0.15, 0.2) is 0 Å². The second-order valence-electron chi connectivity index (χ2n) is 3.44. The zero-order valence-corrected chi connectivity index (χ0v) is 9.27. The summed E-state index contributed by atoms with van der Waals surface area (Å²) >= 11 is 0. The number of ether oxygens (including phenoxy) is 2. The van der Waals surface area contributed by atoms with E-state index in [1.807, 2.05) is 0 Å². The molecule has 7 nitrogen and oxygen atoms in total.